The first-order valence-electron chi connectivity index (χ1n) is 6.03. The summed E-state index contributed by atoms with van der Waals surface area (Å²) in [4.78, 5) is 22.1. The highest BCUT2D eigenvalue weighted by Crippen LogP contribution is 2.06. The molecule has 1 amide bonds. The lowest BCUT2D eigenvalue weighted by atomic mass is 10.1. The fourth-order valence-corrected chi connectivity index (χ4v) is 1.56. The molecule has 0 unspecified atom stereocenters. The molecule has 0 bridgehead atoms. The molecule has 5 nitrogen and oxygen atoms in total. The number of benzene rings is 1. The van der Waals surface area contributed by atoms with Gasteiger partial charge in [-0.05, 0) is 31.4 Å². The number of carboxylic acid groups (broad SMARTS) is 1. The molecule has 0 fully saturated rings. The molecule has 0 radical (unpaired) electrons. The number of hydrogen-bond acceptors (Lipinski definition) is 3. The molecule has 19 heavy (non-hydrogen) atoms. The number of amides is 1. The van der Waals surface area contributed by atoms with Crippen LogP contribution in [0.1, 0.15) is 29.6 Å². The number of carboxylic acids is 1. The van der Waals surface area contributed by atoms with Crippen LogP contribution in [0, 0.1) is 5.82 Å². The van der Waals surface area contributed by atoms with Crippen molar-refractivity contribution >= 4 is 11.9 Å². The molecule has 1 rings (SSSR count). The lowest BCUT2D eigenvalue weighted by Crippen LogP contribution is -2.30. The van der Waals surface area contributed by atoms with E-state index >= 15 is 0 Å². The number of carbonyl (C=O) groups excluding carboxylic acids is 1. The van der Waals surface area contributed by atoms with Crippen LogP contribution in [-0.2, 0) is 4.79 Å². The largest absolute Gasteiger partial charge is 0.480 e. The highest BCUT2D eigenvalue weighted by atomic mass is 19.1. The van der Waals surface area contributed by atoms with E-state index < -0.39 is 23.7 Å². The monoisotopic (exact) mass is 268 g/mol. The van der Waals surface area contributed by atoms with Crippen LogP contribution >= 0.6 is 0 Å². The van der Waals surface area contributed by atoms with Crippen LogP contribution in [0.5, 0.6) is 0 Å². The molecule has 0 aliphatic heterocycles. The van der Waals surface area contributed by atoms with Gasteiger partial charge in [0.25, 0.3) is 5.91 Å². The van der Waals surface area contributed by atoms with Gasteiger partial charge in [0.2, 0.25) is 0 Å². The number of aliphatic carboxylic acids is 1. The molecule has 104 valence electrons. The summed E-state index contributed by atoms with van der Waals surface area (Å²) in [7, 11) is 0. The average molecular weight is 268 g/mol. The van der Waals surface area contributed by atoms with Gasteiger partial charge in [-0.15, -0.1) is 0 Å². The minimum atomic E-state index is -1.03. The van der Waals surface area contributed by atoms with E-state index in [0.29, 0.717) is 25.8 Å². The van der Waals surface area contributed by atoms with Crippen LogP contribution in [-0.4, -0.2) is 29.6 Å². The van der Waals surface area contributed by atoms with Crippen LogP contribution in [0.3, 0.4) is 0 Å². The third-order valence-corrected chi connectivity index (χ3v) is 2.66. The van der Waals surface area contributed by atoms with Crippen molar-refractivity contribution in [1.82, 2.24) is 5.32 Å². The van der Waals surface area contributed by atoms with Gasteiger partial charge in [-0.1, -0.05) is 12.1 Å². The summed E-state index contributed by atoms with van der Waals surface area (Å²) in [6.45, 7) is 0.361. The number of nitrogens with two attached hydrogens (primary N) is 1. The Bertz CT molecular complexity index is 451. The Kier molecular flexibility index (Phi) is 5.95. The molecule has 4 N–H and O–H groups in total. The van der Waals surface area contributed by atoms with Crippen molar-refractivity contribution in [1.29, 1.82) is 0 Å². The first kappa shape index (κ1) is 15.1. The predicted molar refractivity (Wildman–Crippen MR) is 68.2 cm³/mol. The first-order valence-corrected chi connectivity index (χ1v) is 6.03. The Balaban J connectivity index is 2.25. The summed E-state index contributed by atoms with van der Waals surface area (Å²) in [5, 5.41) is 11.1. The SMILES string of the molecule is N[C@@H](CCCCNC(=O)c1ccccc1F)C(=O)O. The van der Waals surface area contributed by atoms with E-state index in [1.54, 1.807) is 6.07 Å². The lowest BCUT2D eigenvalue weighted by Gasteiger charge is -2.07. The summed E-state index contributed by atoms with van der Waals surface area (Å²) in [5.74, 6) is -2.07. The lowest BCUT2D eigenvalue weighted by molar-refractivity contribution is -0.138. The van der Waals surface area contributed by atoms with E-state index in [9.17, 15) is 14.0 Å². The van der Waals surface area contributed by atoms with Gasteiger partial charge in [-0.25, -0.2) is 4.39 Å². The summed E-state index contributed by atoms with van der Waals surface area (Å²) < 4.78 is 13.3. The van der Waals surface area contributed by atoms with Crippen molar-refractivity contribution in [3.8, 4) is 0 Å². The van der Waals surface area contributed by atoms with Gasteiger partial charge < -0.3 is 16.2 Å². The minimum Gasteiger partial charge on any atom is -0.480 e. The van der Waals surface area contributed by atoms with Crippen LogP contribution < -0.4 is 11.1 Å². The maximum atomic E-state index is 13.3. The number of unbranched alkanes of at least 4 members (excludes halogenated alkanes) is 1. The third kappa shape index (κ3) is 5.05. The standard InChI is InChI=1S/C13H17FN2O3/c14-10-6-2-1-5-9(10)12(17)16-8-4-3-7-11(15)13(18)19/h1-2,5-6,11H,3-4,7-8,15H2,(H,16,17)(H,18,19)/t11-/m0/s1. The van der Waals surface area contributed by atoms with Crippen molar-refractivity contribution in [3.63, 3.8) is 0 Å². The second-order valence-corrected chi connectivity index (χ2v) is 4.18. The highest BCUT2D eigenvalue weighted by molar-refractivity contribution is 5.94. The molecule has 0 heterocycles. The molecule has 0 aliphatic rings. The maximum Gasteiger partial charge on any atom is 0.320 e. The molecule has 1 aromatic rings. The van der Waals surface area contributed by atoms with Crippen LogP contribution in [0.2, 0.25) is 0 Å². The zero-order valence-corrected chi connectivity index (χ0v) is 10.4. The van der Waals surface area contributed by atoms with Gasteiger partial charge in [0, 0.05) is 6.54 Å². The van der Waals surface area contributed by atoms with Crippen molar-refractivity contribution in [2.24, 2.45) is 5.73 Å². The summed E-state index contributed by atoms with van der Waals surface area (Å²) in [6.07, 6.45) is 1.54. The molecule has 0 saturated carbocycles. The predicted octanol–water partition coefficient (Wildman–Crippen LogP) is 1.14. The van der Waals surface area contributed by atoms with Gasteiger partial charge >= 0.3 is 5.97 Å². The van der Waals surface area contributed by atoms with E-state index in [1.807, 2.05) is 0 Å². The Morgan fingerprint density at radius 3 is 2.63 bits per heavy atom. The normalized spacial score (nSPS) is 11.9. The van der Waals surface area contributed by atoms with Crippen LogP contribution in [0.25, 0.3) is 0 Å². The van der Waals surface area contributed by atoms with E-state index in [4.69, 9.17) is 10.8 Å². The van der Waals surface area contributed by atoms with E-state index in [0.717, 1.165) is 0 Å². The zero-order valence-electron chi connectivity index (χ0n) is 10.4. The fourth-order valence-electron chi connectivity index (χ4n) is 1.56. The molecule has 0 aliphatic carbocycles. The zero-order chi connectivity index (χ0) is 14.3. The molecule has 0 spiro atoms. The molecule has 6 heteroatoms. The van der Waals surface area contributed by atoms with Crippen LogP contribution in [0.15, 0.2) is 24.3 Å². The maximum absolute atomic E-state index is 13.3. The molecular formula is C13H17FN2O3. The molecular weight excluding hydrogens is 251 g/mol. The number of nitrogens with one attached hydrogen (secondary N) is 1. The van der Waals surface area contributed by atoms with Crippen molar-refractivity contribution in [2.45, 2.75) is 25.3 Å². The van der Waals surface area contributed by atoms with Crippen molar-refractivity contribution < 1.29 is 19.1 Å². The van der Waals surface area contributed by atoms with Gasteiger partial charge in [-0.3, -0.25) is 9.59 Å². The van der Waals surface area contributed by atoms with Gasteiger partial charge in [0.05, 0.1) is 5.56 Å². The van der Waals surface area contributed by atoms with Crippen molar-refractivity contribution in [2.75, 3.05) is 6.54 Å². The Labute approximate surface area is 110 Å². The minimum absolute atomic E-state index is 0.00439. The van der Waals surface area contributed by atoms with Crippen molar-refractivity contribution in [3.05, 3.63) is 35.6 Å². The smallest absolute Gasteiger partial charge is 0.320 e. The fraction of sp³-hybridized carbons (Fsp3) is 0.385. The molecule has 0 aromatic heterocycles. The van der Waals surface area contributed by atoms with Gasteiger partial charge in [0.15, 0.2) is 0 Å². The number of rotatable bonds is 7. The molecule has 1 atom stereocenters. The Hall–Kier alpha value is -1.95. The van der Waals surface area contributed by atoms with Crippen LogP contribution in [0.4, 0.5) is 4.39 Å². The second-order valence-electron chi connectivity index (χ2n) is 4.18. The van der Waals surface area contributed by atoms with E-state index in [1.165, 1.54) is 18.2 Å². The van der Waals surface area contributed by atoms with Gasteiger partial charge in [-0.2, -0.15) is 0 Å². The average Bonchev–Trinajstić information content (AvgIpc) is 2.38. The topological polar surface area (TPSA) is 92.4 Å². The summed E-state index contributed by atoms with van der Waals surface area (Å²) >= 11 is 0. The summed E-state index contributed by atoms with van der Waals surface area (Å²) in [5.41, 5.74) is 5.34. The first-order chi connectivity index (χ1) is 9.02. The third-order valence-electron chi connectivity index (χ3n) is 2.66. The second kappa shape index (κ2) is 7.48. The number of halogens is 1. The Morgan fingerprint density at radius 2 is 2.00 bits per heavy atom. The Morgan fingerprint density at radius 1 is 1.32 bits per heavy atom. The van der Waals surface area contributed by atoms with Gasteiger partial charge in [0.1, 0.15) is 11.9 Å². The number of hydrogen-bond donors (Lipinski definition) is 3. The van der Waals surface area contributed by atoms with E-state index in [2.05, 4.69) is 5.32 Å². The van der Waals surface area contributed by atoms with E-state index in [-0.39, 0.29) is 5.56 Å². The number of carbonyl (C=O) groups is 2. The molecule has 1 aromatic carbocycles. The highest BCUT2D eigenvalue weighted by Gasteiger charge is 2.11. The molecule has 0 saturated heterocycles. The quantitative estimate of drug-likeness (QED) is 0.646. The summed E-state index contributed by atoms with van der Waals surface area (Å²) in [6, 6.07) is 4.86.